The van der Waals surface area contributed by atoms with Crippen molar-refractivity contribution in [2.45, 2.75) is 6.42 Å². The minimum Gasteiger partial charge on any atom is -0.481 e. The highest BCUT2D eigenvalue weighted by molar-refractivity contribution is 5.70. The Morgan fingerprint density at radius 3 is 2.07 bits per heavy atom. The SMILES string of the molecule is CN.NC=O.O=C(O)Cc1ccccc1. The molecule has 0 aliphatic rings. The average molecular weight is 212 g/mol. The summed E-state index contributed by atoms with van der Waals surface area (Å²) in [6.07, 6.45) is 0.362. The molecule has 0 aliphatic carbocycles. The molecule has 0 radical (unpaired) electrons. The van der Waals surface area contributed by atoms with Gasteiger partial charge >= 0.3 is 5.97 Å². The van der Waals surface area contributed by atoms with E-state index >= 15 is 0 Å². The van der Waals surface area contributed by atoms with Crippen molar-refractivity contribution < 1.29 is 14.7 Å². The highest BCUT2D eigenvalue weighted by Gasteiger charge is 1.96. The summed E-state index contributed by atoms with van der Waals surface area (Å²) < 4.78 is 0. The van der Waals surface area contributed by atoms with Gasteiger partial charge in [0.25, 0.3) is 0 Å². The maximum atomic E-state index is 10.2. The van der Waals surface area contributed by atoms with E-state index in [0.29, 0.717) is 0 Å². The summed E-state index contributed by atoms with van der Waals surface area (Å²) in [5.74, 6) is -0.786. The Balaban J connectivity index is 0. The zero-order chi connectivity index (χ0) is 12.1. The van der Waals surface area contributed by atoms with E-state index in [0.717, 1.165) is 5.56 Å². The number of benzene rings is 1. The number of nitrogens with two attached hydrogens (primary N) is 2. The number of carboxylic acid groups (broad SMARTS) is 1. The van der Waals surface area contributed by atoms with E-state index in [1.807, 2.05) is 18.2 Å². The zero-order valence-corrected chi connectivity index (χ0v) is 8.59. The van der Waals surface area contributed by atoms with Crippen molar-refractivity contribution >= 4 is 12.4 Å². The number of hydrogen-bond acceptors (Lipinski definition) is 3. The van der Waals surface area contributed by atoms with Gasteiger partial charge in [0.05, 0.1) is 6.42 Å². The molecule has 0 aliphatic heterocycles. The lowest BCUT2D eigenvalue weighted by Crippen LogP contribution is -1.98. The van der Waals surface area contributed by atoms with Gasteiger partial charge in [-0.3, -0.25) is 9.59 Å². The predicted molar refractivity (Wildman–Crippen MR) is 58.1 cm³/mol. The van der Waals surface area contributed by atoms with Gasteiger partial charge in [-0.1, -0.05) is 30.3 Å². The van der Waals surface area contributed by atoms with Crippen LogP contribution in [0.5, 0.6) is 0 Å². The van der Waals surface area contributed by atoms with Gasteiger partial charge in [0.15, 0.2) is 0 Å². The van der Waals surface area contributed by atoms with Crippen molar-refractivity contribution in [3.8, 4) is 0 Å². The van der Waals surface area contributed by atoms with Gasteiger partial charge in [-0.15, -0.1) is 0 Å². The lowest BCUT2D eigenvalue weighted by molar-refractivity contribution is -0.136. The van der Waals surface area contributed by atoms with E-state index < -0.39 is 5.97 Å². The van der Waals surface area contributed by atoms with Crippen LogP contribution < -0.4 is 11.5 Å². The molecule has 84 valence electrons. The molecule has 1 amide bonds. The van der Waals surface area contributed by atoms with Crippen LogP contribution in [-0.2, 0) is 16.0 Å². The van der Waals surface area contributed by atoms with Gasteiger partial charge < -0.3 is 16.6 Å². The first-order chi connectivity index (χ1) is 7.20. The fourth-order valence-corrected chi connectivity index (χ4v) is 0.770. The van der Waals surface area contributed by atoms with Gasteiger partial charge in [0, 0.05) is 0 Å². The molecule has 1 aromatic carbocycles. The highest BCUT2D eigenvalue weighted by atomic mass is 16.4. The summed E-state index contributed by atoms with van der Waals surface area (Å²) in [7, 11) is 1.50. The summed E-state index contributed by atoms with van der Waals surface area (Å²) in [4.78, 5) is 18.8. The van der Waals surface area contributed by atoms with E-state index in [4.69, 9.17) is 9.90 Å². The summed E-state index contributed by atoms with van der Waals surface area (Å²) >= 11 is 0. The molecule has 0 fully saturated rings. The average Bonchev–Trinajstić information content (AvgIpc) is 2.22. The number of rotatable bonds is 2. The van der Waals surface area contributed by atoms with Gasteiger partial charge in [-0.2, -0.15) is 0 Å². The molecule has 0 aromatic heterocycles. The van der Waals surface area contributed by atoms with Gasteiger partial charge in [-0.05, 0) is 12.6 Å². The molecule has 0 heterocycles. The van der Waals surface area contributed by atoms with Crippen LogP contribution in [0.4, 0.5) is 0 Å². The van der Waals surface area contributed by atoms with E-state index in [1.165, 1.54) is 7.05 Å². The summed E-state index contributed by atoms with van der Waals surface area (Å²) in [6, 6.07) is 9.13. The molecule has 5 nitrogen and oxygen atoms in total. The number of carboxylic acids is 1. The number of hydrogen-bond donors (Lipinski definition) is 3. The second-order valence-electron chi connectivity index (χ2n) is 2.19. The number of amides is 1. The van der Waals surface area contributed by atoms with E-state index in [-0.39, 0.29) is 12.8 Å². The zero-order valence-electron chi connectivity index (χ0n) is 8.59. The van der Waals surface area contributed by atoms with Crippen LogP contribution in [0.15, 0.2) is 30.3 Å². The maximum absolute atomic E-state index is 10.2. The Labute approximate surface area is 88.7 Å². The lowest BCUT2D eigenvalue weighted by atomic mass is 10.2. The second kappa shape index (κ2) is 12.1. The minimum atomic E-state index is -0.786. The van der Waals surface area contributed by atoms with Crippen molar-refractivity contribution in [1.29, 1.82) is 0 Å². The van der Waals surface area contributed by atoms with E-state index in [2.05, 4.69) is 11.5 Å². The summed E-state index contributed by atoms with van der Waals surface area (Å²) in [5, 5.41) is 8.37. The third-order valence-electron chi connectivity index (χ3n) is 1.20. The highest BCUT2D eigenvalue weighted by Crippen LogP contribution is 1.98. The Bertz CT molecular complexity index is 263. The first kappa shape index (κ1) is 15.6. The number of aliphatic carboxylic acids is 1. The molecule has 5 N–H and O–H groups in total. The lowest BCUT2D eigenvalue weighted by Gasteiger charge is -1.92. The molecular formula is C10H16N2O3. The molecule has 0 saturated heterocycles. The molecule has 5 heteroatoms. The van der Waals surface area contributed by atoms with E-state index in [9.17, 15) is 4.79 Å². The van der Waals surface area contributed by atoms with Crippen LogP contribution in [0, 0.1) is 0 Å². The van der Waals surface area contributed by atoms with Crippen LogP contribution in [0.1, 0.15) is 5.56 Å². The number of primary amides is 1. The smallest absolute Gasteiger partial charge is 0.307 e. The molecule has 0 unspecified atom stereocenters. The molecule has 0 saturated carbocycles. The Morgan fingerprint density at radius 1 is 1.33 bits per heavy atom. The topological polar surface area (TPSA) is 106 Å². The first-order valence-corrected chi connectivity index (χ1v) is 4.19. The molecule has 15 heavy (non-hydrogen) atoms. The van der Waals surface area contributed by atoms with Crippen LogP contribution in [0.25, 0.3) is 0 Å². The Morgan fingerprint density at radius 2 is 1.73 bits per heavy atom. The van der Waals surface area contributed by atoms with Crippen LogP contribution in [0.3, 0.4) is 0 Å². The Kier molecular flexibility index (Phi) is 12.6. The molecule has 1 rings (SSSR count). The molecule has 0 bridgehead atoms. The van der Waals surface area contributed by atoms with Gasteiger partial charge in [-0.25, -0.2) is 0 Å². The van der Waals surface area contributed by atoms with Crippen molar-refractivity contribution in [3.05, 3.63) is 35.9 Å². The van der Waals surface area contributed by atoms with E-state index in [1.54, 1.807) is 12.1 Å². The number of carbonyl (C=O) groups excluding carboxylic acids is 1. The van der Waals surface area contributed by atoms with Crippen molar-refractivity contribution in [2.24, 2.45) is 11.5 Å². The quantitative estimate of drug-likeness (QED) is 0.599. The normalized spacial score (nSPS) is 7.33. The molecule has 1 aromatic rings. The third-order valence-corrected chi connectivity index (χ3v) is 1.20. The van der Waals surface area contributed by atoms with Gasteiger partial charge in [0.1, 0.15) is 0 Å². The summed E-state index contributed by atoms with van der Waals surface area (Å²) in [5.41, 5.74) is 9.51. The minimum absolute atomic E-state index is 0.112. The first-order valence-electron chi connectivity index (χ1n) is 4.19. The summed E-state index contributed by atoms with van der Waals surface area (Å²) in [6.45, 7) is 0. The standard InChI is InChI=1S/C8H8O2.CH3NO.CH5N/c9-8(10)6-7-4-2-1-3-5-7;2-1-3;1-2/h1-5H,6H2,(H,9,10);1H,(H2,2,3);2H2,1H3. The fourth-order valence-electron chi connectivity index (χ4n) is 0.770. The molecule has 0 atom stereocenters. The fraction of sp³-hybridized carbons (Fsp3) is 0.200. The van der Waals surface area contributed by atoms with Gasteiger partial charge in [0.2, 0.25) is 6.41 Å². The van der Waals surface area contributed by atoms with Crippen LogP contribution in [0.2, 0.25) is 0 Å². The number of carbonyl (C=O) groups is 2. The van der Waals surface area contributed by atoms with Crippen molar-refractivity contribution in [1.82, 2.24) is 0 Å². The third kappa shape index (κ3) is 12.1. The maximum Gasteiger partial charge on any atom is 0.307 e. The largest absolute Gasteiger partial charge is 0.481 e. The molecule has 0 spiro atoms. The van der Waals surface area contributed by atoms with Crippen LogP contribution >= 0.6 is 0 Å². The molecular weight excluding hydrogens is 196 g/mol. The van der Waals surface area contributed by atoms with Crippen molar-refractivity contribution in [2.75, 3.05) is 7.05 Å². The second-order valence-corrected chi connectivity index (χ2v) is 2.19. The van der Waals surface area contributed by atoms with Crippen molar-refractivity contribution in [3.63, 3.8) is 0 Å². The van der Waals surface area contributed by atoms with Crippen LogP contribution in [-0.4, -0.2) is 24.5 Å². The monoisotopic (exact) mass is 212 g/mol. The Hall–Kier alpha value is -1.88. The predicted octanol–water partition coefficient (Wildman–Crippen LogP) is -0.00990.